The summed E-state index contributed by atoms with van der Waals surface area (Å²) in [4.78, 5) is 22.0. The van der Waals surface area contributed by atoms with Crippen LogP contribution in [0.4, 0.5) is 10.5 Å². The number of amides is 1. The molecule has 6 rings (SSSR count). The Morgan fingerprint density at radius 1 is 1.02 bits per heavy atom. The first-order valence-electron chi connectivity index (χ1n) is 15.5. The van der Waals surface area contributed by atoms with Crippen LogP contribution in [-0.4, -0.2) is 82.9 Å². The Bertz CT molecular complexity index is 1450. The number of nitrogens with one attached hydrogen (secondary N) is 1. The SMILES string of the molecule is COc1cc(OC)c(-c2cn3ccc(N[C@@H]4C[C@H]5CC[C@@H](C4)N5CC4CCN(C(=O)OC(C)(C)C)CC4)cc3n2)cc1Cl. The van der Waals surface area contributed by atoms with E-state index in [4.69, 9.17) is 30.8 Å². The van der Waals surface area contributed by atoms with Crippen molar-refractivity contribution in [1.82, 2.24) is 19.2 Å². The van der Waals surface area contributed by atoms with Gasteiger partial charge in [-0.05, 0) is 77.3 Å². The van der Waals surface area contributed by atoms with Gasteiger partial charge in [0.2, 0.25) is 0 Å². The number of halogens is 1. The van der Waals surface area contributed by atoms with Crippen molar-refractivity contribution in [2.75, 3.05) is 39.2 Å². The maximum absolute atomic E-state index is 12.5. The lowest BCUT2D eigenvalue weighted by molar-refractivity contribution is 0.0148. The number of hydrogen-bond donors (Lipinski definition) is 1. The van der Waals surface area contributed by atoms with Gasteiger partial charge in [0.25, 0.3) is 0 Å². The molecule has 3 aromatic rings. The normalized spacial score (nSPS) is 23.0. The van der Waals surface area contributed by atoms with Crippen LogP contribution in [0.2, 0.25) is 5.02 Å². The Morgan fingerprint density at radius 2 is 1.72 bits per heavy atom. The minimum Gasteiger partial charge on any atom is -0.496 e. The molecule has 232 valence electrons. The number of piperidine rings is 2. The lowest BCUT2D eigenvalue weighted by Crippen LogP contribution is -2.50. The van der Waals surface area contributed by atoms with Gasteiger partial charge < -0.3 is 28.8 Å². The zero-order valence-electron chi connectivity index (χ0n) is 25.9. The van der Waals surface area contributed by atoms with Gasteiger partial charge in [-0.1, -0.05) is 11.6 Å². The van der Waals surface area contributed by atoms with Crippen molar-refractivity contribution in [3.05, 3.63) is 41.7 Å². The molecule has 3 aliphatic heterocycles. The fraction of sp³-hybridized carbons (Fsp3) is 0.576. The van der Waals surface area contributed by atoms with Crippen LogP contribution in [0.15, 0.2) is 36.7 Å². The monoisotopic (exact) mass is 609 g/mol. The van der Waals surface area contributed by atoms with E-state index in [0.717, 1.165) is 67.9 Å². The molecule has 1 aromatic carbocycles. The van der Waals surface area contributed by atoms with Gasteiger partial charge in [0.05, 0.1) is 24.9 Å². The summed E-state index contributed by atoms with van der Waals surface area (Å²) in [5.41, 5.74) is 3.13. The Labute approximate surface area is 259 Å². The topological polar surface area (TPSA) is 80.6 Å². The number of fused-ring (bicyclic) bond motifs is 3. The van der Waals surface area contributed by atoms with E-state index in [1.165, 1.54) is 12.8 Å². The fourth-order valence-electron chi connectivity index (χ4n) is 7.11. The molecular formula is C33H44ClN5O4. The lowest BCUT2D eigenvalue weighted by Gasteiger charge is -2.42. The summed E-state index contributed by atoms with van der Waals surface area (Å²) in [5.74, 6) is 1.88. The van der Waals surface area contributed by atoms with Crippen LogP contribution in [0, 0.1) is 5.92 Å². The first kappa shape index (κ1) is 29.9. The highest BCUT2D eigenvalue weighted by Crippen LogP contribution is 2.40. The van der Waals surface area contributed by atoms with Crippen molar-refractivity contribution in [3.63, 3.8) is 0 Å². The summed E-state index contributed by atoms with van der Waals surface area (Å²) in [6.07, 6.45) is 10.8. The van der Waals surface area contributed by atoms with Gasteiger partial charge in [-0.25, -0.2) is 9.78 Å². The number of hydrogen-bond acceptors (Lipinski definition) is 7. The number of methoxy groups -OCH3 is 2. The highest BCUT2D eigenvalue weighted by molar-refractivity contribution is 6.32. The van der Waals surface area contributed by atoms with Gasteiger partial charge in [-0.3, -0.25) is 4.90 Å². The molecular weight excluding hydrogens is 566 g/mol. The van der Waals surface area contributed by atoms with Crippen molar-refractivity contribution in [2.24, 2.45) is 5.92 Å². The van der Waals surface area contributed by atoms with Gasteiger partial charge in [0.15, 0.2) is 0 Å². The molecule has 2 aromatic heterocycles. The predicted molar refractivity (Wildman–Crippen MR) is 169 cm³/mol. The number of anilines is 1. The van der Waals surface area contributed by atoms with E-state index in [-0.39, 0.29) is 6.09 Å². The number of ether oxygens (including phenoxy) is 3. The number of nitrogens with zero attached hydrogens (tertiary/aromatic N) is 4. The third kappa shape index (κ3) is 6.53. The second-order valence-corrected chi connectivity index (χ2v) is 13.7. The predicted octanol–water partition coefficient (Wildman–Crippen LogP) is 6.73. The summed E-state index contributed by atoms with van der Waals surface area (Å²) in [6.45, 7) is 8.51. The van der Waals surface area contributed by atoms with Gasteiger partial charge in [0, 0.05) is 73.5 Å². The Kier molecular flexibility index (Phi) is 8.39. The lowest BCUT2D eigenvalue weighted by atomic mass is 9.92. The number of imidazole rings is 1. The summed E-state index contributed by atoms with van der Waals surface area (Å²) in [6, 6.07) is 9.57. The molecule has 1 N–H and O–H groups in total. The molecule has 0 spiro atoms. The van der Waals surface area contributed by atoms with Gasteiger partial charge >= 0.3 is 6.09 Å². The maximum Gasteiger partial charge on any atom is 0.410 e. The molecule has 0 radical (unpaired) electrons. The second kappa shape index (κ2) is 12.1. The van der Waals surface area contributed by atoms with Crippen LogP contribution in [0.3, 0.4) is 0 Å². The number of aromatic nitrogens is 2. The zero-order valence-corrected chi connectivity index (χ0v) is 26.7. The molecule has 2 bridgehead atoms. The molecule has 43 heavy (non-hydrogen) atoms. The van der Waals surface area contributed by atoms with Crippen LogP contribution in [0.5, 0.6) is 11.5 Å². The van der Waals surface area contributed by atoms with Crippen molar-refractivity contribution in [1.29, 1.82) is 0 Å². The molecule has 3 fully saturated rings. The summed E-state index contributed by atoms with van der Waals surface area (Å²) < 4.78 is 18.6. The third-order valence-electron chi connectivity index (χ3n) is 9.20. The second-order valence-electron chi connectivity index (χ2n) is 13.3. The summed E-state index contributed by atoms with van der Waals surface area (Å²) in [7, 11) is 3.23. The first-order chi connectivity index (χ1) is 20.6. The van der Waals surface area contributed by atoms with E-state index in [1.807, 2.05) is 42.3 Å². The number of carbonyl (C=O) groups is 1. The largest absolute Gasteiger partial charge is 0.496 e. The first-order valence-corrected chi connectivity index (χ1v) is 15.9. The van der Waals surface area contributed by atoms with E-state index in [9.17, 15) is 4.79 Å². The minimum absolute atomic E-state index is 0.174. The molecule has 9 nitrogen and oxygen atoms in total. The average Bonchev–Trinajstić information content (AvgIpc) is 3.48. The van der Waals surface area contributed by atoms with Crippen LogP contribution in [0.1, 0.15) is 59.3 Å². The van der Waals surface area contributed by atoms with E-state index in [2.05, 4.69) is 28.5 Å². The molecule has 5 heterocycles. The van der Waals surface area contributed by atoms with Gasteiger partial charge in [-0.15, -0.1) is 0 Å². The molecule has 3 saturated heterocycles. The maximum atomic E-state index is 12.5. The highest BCUT2D eigenvalue weighted by Gasteiger charge is 2.42. The van der Waals surface area contributed by atoms with Crippen molar-refractivity contribution in [2.45, 2.75) is 83.0 Å². The van der Waals surface area contributed by atoms with Crippen molar-refractivity contribution < 1.29 is 19.0 Å². The summed E-state index contributed by atoms with van der Waals surface area (Å²) >= 11 is 6.42. The van der Waals surface area contributed by atoms with E-state index >= 15 is 0 Å². The van der Waals surface area contributed by atoms with Crippen LogP contribution < -0.4 is 14.8 Å². The van der Waals surface area contributed by atoms with E-state index < -0.39 is 5.60 Å². The number of rotatable bonds is 7. The van der Waals surface area contributed by atoms with Crippen molar-refractivity contribution >= 4 is 29.0 Å². The molecule has 0 aliphatic carbocycles. The zero-order chi connectivity index (χ0) is 30.3. The number of pyridine rings is 1. The van der Waals surface area contributed by atoms with Gasteiger partial charge in [0.1, 0.15) is 22.7 Å². The average molecular weight is 610 g/mol. The Balaban J connectivity index is 1.06. The minimum atomic E-state index is -0.446. The Hall–Kier alpha value is -3.17. The van der Waals surface area contributed by atoms with Gasteiger partial charge in [-0.2, -0.15) is 0 Å². The molecule has 3 aliphatic rings. The third-order valence-corrected chi connectivity index (χ3v) is 9.50. The summed E-state index contributed by atoms with van der Waals surface area (Å²) in [5, 5.41) is 4.35. The van der Waals surface area contributed by atoms with Crippen LogP contribution in [-0.2, 0) is 4.74 Å². The molecule has 1 amide bonds. The van der Waals surface area contributed by atoms with E-state index in [1.54, 1.807) is 20.3 Å². The van der Waals surface area contributed by atoms with E-state index in [0.29, 0.717) is 40.6 Å². The molecule has 10 heteroatoms. The van der Waals surface area contributed by atoms with Crippen LogP contribution >= 0.6 is 11.6 Å². The highest BCUT2D eigenvalue weighted by atomic mass is 35.5. The molecule has 0 unspecified atom stereocenters. The quantitative estimate of drug-likeness (QED) is 0.318. The molecule has 0 saturated carbocycles. The Morgan fingerprint density at radius 3 is 2.37 bits per heavy atom. The fourth-order valence-corrected chi connectivity index (χ4v) is 7.35. The standard InChI is InChI=1S/C33H44ClN5O4/c1-33(2,3)43-32(40)37-11-8-21(9-12-37)19-39-24-6-7-25(39)15-23(14-24)35-22-10-13-38-20-28(36-31(38)16-22)26-17-27(34)30(42-5)18-29(26)41-4/h10,13,16-18,20-21,23-25,35H,6-9,11-12,14-15,19H2,1-5H3/t23-,24-,25+. The number of likely N-dealkylation sites (tertiary alicyclic amines) is 1. The number of benzene rings is 1. The molecule has 3 atom stereocenters. The van der Waals surface area contributed by atoms with Crippen molar-refractivity contribution in [3.8, 4) is 22.8 Å². The smallest absolute Gasteiger partial charge is 0.410 e. The number of carbonyl (C=O) groups excluding carboxylic acids is 1. The van der Waals surface area contributed by atoms with Crippen LogP contribution in [0.25, 0.3) is 16.9 Å².